The van der Waals surface area contributed by atoms with Gasteiger partial charge in [0.25, 0.3) is 0 Å². The third-order valence-corrected chi connectivity index (χ3v) is 9.41. The van der Waals surface area contributed by atoms with E-state index in [1.807, 2.05) is 54.6 Å². The molecule has 0 N–H and O–H groups in total. The number of nitrogens with zero attached hydrogens (tertiary/aromatic N) is 3. The van der Waals surface area contributed by atoms with Crippen LogP contribution in [0.4, 0.5) is 0 Å². The van der Waals surface area contributed by atoms with Crippen molar-refractivity contribution in [3.05, 3.63) is 175 Å². The van der Waals surface area contributed by atoms with Gasteiger partial charge in [-0.25, -0.2) is 15.0 Å². The first-order valence-electron chi connectivity index (χ1n) is 19.0. The largest absolute Gasteiger partial charge is 0.456 e. The number of fused-ring (bicyclic) bond motifs is 9. The highest BCUT2D eigenvalue weighted by atomic mass is 16.3. The van der Waals surface area contributed by atoms with Crippen LogP contribution in [0.3, 0.4) is 0 Å². The molecule has 0 aliphatic carbocycles. The Balaban J connectivity index is 1.13. The molecule has 234 valence electrons. The van der Waals surface area contributed by atoms with Gasteiger partial charge in [0.05, 0.1) is 6.85 Å². The molecule has 2 heterocycles. The van der Waals surface area contributed by atoms with Crippen molar-refractivity contribution >= 4 is 54.3 Å². The van der Waals surface area contributed by atoms with Gasteiger partial charge in [-0.05, 0) is 68.1 Å². The molecule has 0 aliphatic heterocycles. The van der Waals surface area contributed by atoms with Crippen LogP contribution in [0, 0.1) is 0 Å². The highest BCUT2D eigenvalue weighted by molar-refractivity contribution is 6.25. The smallest absolute Gasteiger partial charge is 0.164 e. The van der Waals surface area contributed by atoms with Crippen molar-refractivity contribution in [2.24, 2.45) is 0 Å². The first kappa shape index (κ1) is 23.6. The van der Waals surface area contributed by atoms with Crippen molar-refractivity contribution in [3.63, 3.8) is 0 Å². The zero-order valence-electron chi connectivity index (χ0n) is 31.7. The summed E-state index contributed by atoms with van der Waals surface area (Å²) in [5.41, 5.74) is 4.94. The molecule has 0 spiro atoms. The standard InChI is InChI=1S/C46H29N3O/c1-3-12-31(13-4-1)44-47-45(32-14-5-2-6-15-32)49-46(48-44)38-20-11-21-42-43(38)40-28-30(23-25-41(40)50-42)26-29-22-24-37-35-18-8-7-16-33(35)34-17-9-10-19-36(34)39(37)27-29/h1-25,27-28H,26H2/i1D,3D,4D,12D,13D. The molecule has 0 fully saturated rings. The summed E-state index contributed by atoms with van der Waals surface area (Å²) in [4.78, 5) is 14.4. The Kier molecular flexibility index (Phi) is 5.44. The Morgan fingerprint density at radius 3 is 1.74 bits per heavy atom. The molecule has 0 atom stereocenters. The predicted octanol–water partition coefficient (Wildman–Crippen LogP) is 11.8. The van der Waals surface area contributed by atoms with E-state index in [1.165, 1.54) is 37.9 Å². The summed E-state index contributed by atoms with van der Waals surface area (Å²) in [7, 11) is 0. The Hall–Kier alpha value is -6.65. The molecule has 50 heavy (non-hydrogen) atoms. The van der Waals surface area contributed by atoms with Gasteiger partial charge in [0, 0.05) is 27.5 Å². The van der Waals surface area contributed by atoms with E-state index in [9.17, 15) is 0 Å². The third-order valence-electron chi connectivity index (χ3n) is 9.41. The van der Waals surface area contributed by atoms with E-state index in [0.29, 0.717) is 40.4 Å². The molecule has 0 aliphatic rings. The van der Waals surface area contributed by atoms with Crippen LogP contribution in [0.25, 0.3) is 88.4 Å². The molecule has 10 aromatic rings. The molecule has 0 radical (unpaired) electrons. The normalized spacial score (nSPS) is 13.1. The minimum Gasteiger partial charge on any atom is -0.456 e. The Morgan fingerprint density at radius 1 is 0.440 bits per heavy atom. The van der Waals surface area contributed by atoms with Gasteiger partial charge in [0.15, 0.2) is 17.5 Å². The molecule has 2 aromatic heterocycles. The van der Waals surface area contributed by atoms with Crippen molar-refractivity contribution in [1.82, 2.24) is 15.0 Å². The van der Waals surface area contributed by atoms with E-state index in [-0.39, 0.29) is 23.5 Å². The molecule has 0 saturated heterocycles. The van der Waals surface area contributed by atoms with Crippen LogP contribution in [0.1, 0.15) is 18.0 Å². The minimum absolute atomic E-state index is 0.0112. The van der Waals surface area contributed by atoms with Crippen LogP contribution in [0.2, 0.25) is 0 Å². The van der Waals surface area contributed by atoms with E-state index in [4.69, 9.17) is 21.2 Å². The van der Waals surface area contributed by atoms with Crippen LogP contribution in [0.5, 0.6) is 0 Å². The van der Waals surface area contributed by atoms with E-state index < -0.39 is 18.1 Å². The Bertz CT molecular complexity index is 3130. The molecule has 4 heteroatoms. The maximum Gasteiger partial charge on any atom is 0.164 e. The van der Waals surface area contributed by atoms with Crippen molar-refractivity contribution in [2.75, 3.05) is 0 Å². The lowest BCUT2D eigenvalue weighted by molar-refractivity contribution is 0.669. The van der Waals surface area contributed by atoms with Crippen molar-refractivity contribution in [3.8, 4) is 34.2 Å². The Labute approximate surface area is 295 Å². The molecule has 8 aromatic carbocycles. The fourth-order valence-corrected chi connectivity index (χ4v) is 7.16. The second-order valence-corrected chi connectivity index (χ2v) is 12.4. The average molecular weight is 645 g/mol. The van der Waals surface area contributed by atoms with Crippen LogP contribution in [-0.4, -0.2) is 15.0 Å². The van der Waals surface area contributed by atoms with Gasteiger partial charge in [0.1, 0.15) is 11.2 Å². The van der Waals surface area contributed by atoms with E-state index in [0.717, 1.165) is 16.3 Å². The van der Waals surface area contributed by atoms with Gasteiger partial charge >= 0.3 is 0 Å². The van der Waals surface area contributed by atoms with Crippen molar-refractivity contribution in [2.45, 2.75) is 6.42 Å². The molecule has 0 amide bonds. The van der Waals surface area contributed by atoms with Crippen molar-refractivity contribution < 1.29 is 11.3 Å². The Morgan fingerprint density at radius 2 is 1.02 bits per heavy atom. The predicted molar refractivity (Wildman–Crippen MR) is 205 cm³/mol. The number of aromatic nitrogens is 3. The first-order chi connectivity index (χ1) is 26.8. The molecule has 4 nitrogen and oxygen atoms in total. The molecular formula is C46H29N3O. The lowest BCUT2D eigenvalue weighted by Crippen LogP contribution is -2.00. The van der Waals surface area contributed by atoms with Gasteiger partial charge in [-0.15, -0.1) is 0 Å². The lowest BCUT2D eigenvalue weighted by Gasteiger charge is -2.12. The van der Waals surface area contributed by atoms with E-state index in [2.05, 4.69) is 83.8 Å². The minimum atomic E-state index is -0.479. The molecular weight excluding hydrogens is 611 g/mol. The monoisotopic (exact) mass is 644 g/mol. The molecule has 10 rings (SSSR count). The number of hydrogen-bond donors (Lipinski definition) is 0. The molecule has 0 saturated carbocycles. The number of rotatable bonds is 5. The SMILES string of the molecule is [2H]c1c([2H])c([2H])c(-c2nc(-c3ccccc3)nc(-c3cccc4oc5ccc(Cc6ccc7c8ccccc8c8ccccc8c7c6)cc5c34)n2)c([2H])c1[2H]. The third kappa shape index (κ3) is 4.73. The highest BCUT2D eigenvalue weighted by Crippen LogP contribution is 2.38. The quantitative estimate of drug-likeness (QED) is 0.175. The van der Waals surface area contributed by atoms with Crippen LogP contribution in [-0.2, 0) is 6.42 Å². The fraction of sp³-hybridized carbons (Fsp3) is 0.0217. The van der Waals surface area contributed by atoms with E-state index >= 15 is 0 Å². The summed E-state index contributed by atoms with van der Waals surface area (Å²) in [5.74, 6) is 0.598. The zero-order chi connectivity index (χ0) is 37.4. The average Bonchev–Trinajstić information content (AvgIpc) is 3.61. The van der Waals surface area contributed by atoms with Gasteiger partial charge < -0.3 is 4.42 Å². The van der Waals surface area contributed by atoms with Gasteiger partial charge in [-0.3, -0.25) is 0 Å². The summed E-state index contributed by atoms with van der Waals surface area (Å²) in [6, 6.07) is 43.1. The summed E-state index contributed by atoms with van der Waals surface area (Å²) >= 11 is 0. The number of benzene rings is 8. The fourth-order valence-electron chi connectivity index (χ4n) is 7.16. The van der Waals surface area contributed by atoms with Crippen LogP contribution < -0.4 is 0 Å². The number of furan rings is 1. The van der Waals surface area contributed by atoms with E-state index in [1.54, 1.807) is 0 Å². The molecule has 0 unspecified atom stereocenters. The van der Waals surface area contributed by atoms with Crippen LogP contribution in [0.15, 0.2) is 168 Å². The van der Waals surface area contributed by atoms with Gasteiger partial charge in [-0.1, -0.05) is 145 Å². The second-order valence-electron chi connectivity index (χ2n) is 12.4. The lowest BCUT2D eigenvalue weighted by atomic mass is 9.92. The summed E-state index contributed by atoms with van der Waals surface area (Å²) in [6.07, 6.45) is 0.700. The first-order valence-corrected chi connectivity index (χ1v) is 16.5. The summed E-state index contributed by atoms with van der Waals surface area (Å²) < 4.78 is 48.5. The maximum atomic E-state index is 8.68. The van der Waals surface area contributed by atoms with Gasteiger partial charge in [-0.2, -0.15) is 0 Å². The number of hydrogen-bond acceptors (Lipinski definition) is 4. The van der Waals surface area contributed by atoms with Crippen LogP contribution >= 0.6 is 0 Å². The topological polar surface area (TPSA) is 51.8 Å². The highest BCUT2D eigenvalue weighted by Gasteiger charge is 2.18. The van der Waals surface area contributed by atoms with Crippen molar-refractivity contribution in [1.29, 1.82) is 0 Å². The molecule has 0 bridgehead atoms. The summed E-state index contributed by atoms with van der Waals surface area (Å²) in [6.45, 7) is 0. The van der Waals surface area contributed by atoms with Gasteiger partial charge in [0.2, 0.25) is 0 Å². The summed E-state index contributed by atoms with van der Waals surface area (Å²) in [5, 5.41) is 9.13. The zero-order valence-corrected chi connectivity index (χ0v) is 26.7. The maximum absolute atomic E-state index is 8.68. The second kappa shape index (κ2) is 11.5.